The van der Waals surface area contributed by atoms with Crippen LogP contribution in [0.5, 0.6) is 11.6 Å². The van der Waals surface area contributed by atoms with Crippen LogP contribution in [0.4, 0.5) is 0 Å². The van der Waals surface area contributed by atoms with Gasteiger partial charge in [0, 0.05) is 18.8 Å². The minimum atomic E-state index is -0.697. The highest BCUT2D eigenvalue weighted by molar-refractivity contribution is 5.69. The summed E-state index contributed by atoms with van der Waals surface area (Å²) < 4.78 is 4.85. The van der Waals surface area contributed by atoms with Crippen LogP contribution in [0.1, 0.15) is 44.0 Å². The first-order chi connectivity index (χ1) is 11.5. The predicted molar refractivity (Wildman–Crippen MR) is 88.1 cm³/mol. The smallest absolute Gasteiger partial charge is 0.309 e. The van der Waals surface area contributed by atoms with Crippen LogP contribution in [0.25, 0.3) is 0 Å². The second-order valence-corrected chi connectivity index (χ2v) is 6.29. The average molecular weight is 328 g/mol. The van der Waals surface area contributed by atoms with Crippen molar-refractivity contribution in [2.45, 2.75) is 44.4 Å². The Kier molecular flexibility index (Phi) is 4.38. The van der Waals surface area contributed by atoms with Gasteiger partial charge in [0.05, 0.1) is 0 Å². The van der Waals surface area contributed by atoms with Crippen molar-refractivity contribution in [2.24, 2.45) is 0 Å². The van der Waals surface area contributed by atoms with Gasteiger partial charge in [-0.2, -0.15) is 4.98 Å². The van der Waals surface area contributed by atoms with E-state index in [1.54, 1.807) is 0 Å². The topological polar surface area (TPSA) is 92.3 Å². The Bertz CT molecular complexity index is 792. The van der Waals surface area contributed by atoms with E-state index in [9.17, 15) is 14.7 Å². The molecule has 0 spiro atoms. The molecule has 1 fully saturated rings. The lowest BCUT2D eigenvalue weighted by Gasteiger charge is -2.29. The molecule has 0 unspecified atom stereocenters. The maximum atomic E-state index is 11.9. The Morgan fingerprint density at radius 2 is 1.96 bits per heavy atom. The molecular formula is C18H20N2O4. The first kappa shape index (κ1) is 16.2. The number of hydrogen-bond acceptors (Lipinski definition) is 5. The summed E-state index contributed by atoms with van der Waals surface area (Å²) in [6, 6.07) is 10.2. The molecule has 0 radical (unpaired) electrons. The second-order valence-electron chi connectivity index (χ2n) is 6.29. The van der Waals surface area contributed by atoms with Gasteiger partial charge in [0.25, 0.3) is 11.4 Å². The number of nitrogens with one attached hydrogen (secondary N) is 1. The normalized spacial score (nSPS) is 16.0. The molecule has 0 amide bonds. The molecule has 0 bridgehead atoms. The van der Waals surface area contributed by atoms with Crippen molar-refractivity contribution in [2.75, 3.05) is 0 Å². The molecule has 0 saturated heterocycles. The highest BCUT2D eigenvalue weighted by atomic mass is 16.5. The number of ether oxygens (including phenoxy) is 1. The third-order valence-corrected chi connectivity index (χ3v) is 4.61. The molecule has 24 heavy (non-hydrogen) atoms. The largest absolute Gasteiger partial charge is 0.499 e. The van der Waals surface area contributed by atoms with Crippen molar-refractivity contribution in [3.63, 3.8) is 0 Å². The molecule has 1 heterocycles. The molecule has 1 aliphatic rings. The van der Waals surface area contributed by atoms with Crippen LogP contribution in [0.15, 0.2) is 35.1 Å². The fraction of sp³-hybridized carbons (Fsp3) is 0.389. The molecule has 2 N–H and O–H groups in total. The summed E-state index contributed by atoms with van der Waals surface area (Å²) in [4.78, 5) is 29.8. The molecule has 2 aromatic rings. The van der Waals surface area contributed by atoms with Crippen molar-refractivity contribution in [3.05, 3.63) is 52.1 Å². The van der Waals surface area contributed by atoms with Crippen LogP contribution in [-0.4, -0.2) is 21.0 Å². The third-order valence-electron chi connectivity index (χ3n) is 4.61. The van der Waals surface area contributed by atoms with Gasteiger partial charge in [-0.05, 0) is 18.4 Å². The molecule has 126 valence electrons. The number of aromatic amines is 1. The minimum Gasteiger partial charge on any atom is -0.499 e. The molecule has 0 aliphatic heterocycles. The molecule has 1 aromatic heterocycles. The van der Waals surface area contributed by atoms with E-state index in [4.69, 9.17) is 4.74 Å². The predicted octanol–water partition coefficient (Wildman–Crippen LogP) is 2.46. The summed E-state index contributed by atoms with van der Waals surface area (Å²) in [7, 11) is 0. The van der Waals surface area contributed by atoms with Crippen LogP contribution < -0.4 is 10.3 Å². The number of rotatable bonds is 4. The number of esters is 1. The lowest BCUT2D eigenvalue weighted by Crippen LogP contribution is -2.28. The Hall–Kier alpha value is -2.63. The number of aromatic hydroxyl groups is 1. The number of benzene rings is 1. The van der Waals surface area contributed by atoms with Crippen molar-refractivity contribution in [1.29, 1.82) is 0 Å². The van der Waals surface area contributed by atoms with Crippen LogP contribution in [0.2, 0.25) is 0 Å². The van der Waals surface area contributed by atoms with Gasteiger partial charge in [0.2, 0.25) is 5.75 Å². The van der Waals surface area contributed by atoms with Gasteiger partial charge < -0.3 is 14.8 Å². The van der Waals surface area contributed by atoms with Crippen molar-refractivity contribution < 1.29 is 14.6 Å². The monoisotopic (exact) mass is 328 g/mol. The van der Waals surface area contributed by atoms with Gasteiger partial charge in [0.15, 0.2) is 0 Å². The van der Waals surface area contributed by atoms with E-state index in [-0.39, 0.29) is 11.3 Å². The molecule has 6 heteroatoms. The van der Waals surface area contributed by atoms with E-state index in [1.165, 1.54) is 12.5 Å². The van der Waals surface area contributed by atoms with Gasteiger partial charge in [0.1, 0.15) is 5.82 Å². The summed E-state index contributed by atoms with van der Waals surface area (Å²) in [5.74, 6) is -1.22. The Balaban J connectivity index is 1.98. The Morgan fingerprint density at radius 1 is 1.29 bits per heavy atom. The molecule has 0 atom stereocenters. The number of H-pyrrole nitrogens is 1. The zero-order chi connectivity index (χ0) is 17.2. The van der Waals surface area contributed by atoms with E-state index >= 15 is 0 Å². The number of carbonyl (C=O) groups excluding carboxylic acids is 1. The number of carbonyl (C=O) groups is 1. The summed E-state index contributed by atoms with van der Waals surface area (Å²) in [5, 5.41) is 9.73. The maximum absolute atomic E-state index is 11.9. The van der Waals surface area contributed by atoms with Gasteiger partial charge in [-0.25, -0.2) is 0 Å². The average Bonchev–Trinajstić information content (AvgIpc) is 3.02. The fourth-order valence-electron chi connectivity index (χ4n) is 3.51. The van der Waals surface area contributed by atoms with Crippen LogP contribution in [0, 0.1) is 0 Å². The van der Waals surface area contributed by atoms with E-state index in [2.05, 4.69) is 22.1 Å². The van der Waals surface area contributed by atoms with Crippen LogP contribution in [0.3, 0.4) is 0 Å². The van der Waals surface area contributed by atoms with Crippen LogP contribution >= 0.6 is 0 Å². The third kappa shape index (κ3) is 3.18. The maximum Gasteiger partial charge on any atom is 0.309 e. The van der Waals surface area contributed by atoms with Gasteiger partial charge in [-0.1, -0.05) is 43.2 Å². The van der Waals surface area contributed by atoms with Gasteiger partial charge in [-0.15, -0.1) is 0 Å². The van der Waals surface area contributed by atoms with E-state index in [1.807, 2.05) is 18.2 Å². The van der Waals surface area contributed by atoms with Crippen LogP contribution in [-0.2, 0) is 16.6 Å². The molecular weight excluding hydrogens is 308 g/mol. The van der Waals surface area contributed by atoms with Crippen molar-refractivity contribution >= 4 is 5.97 Å². The van der Waals surface area contributed by atoms with E-state index in [0.717, 1.165) is 25.7 Å². The highest BCUT2D eigenvalue weighted by Crippen LogP contribution is 2.43. The van der Waals surface area contributed by atoms with Crippen molar-refractivity contribution in [1.82, 2.24) is 9.97 Å². The SMILES string of the molecule is CC(=O)Oc1nc(CC2(c3ccccc3)CCCC2)[nH]c(=O)c1O. The van der Waals surface area contributed by atoms with E-state index < -0.39 is 17.3 Å². The summed E-state index contributed by atoms with van der Waals surface area (Å²) in [6.07, 6.45) is 4.78. The number of hydrogen-bond donors (Lipinski definition) is 2. The summed E-state index contributed by atoms with van der Waals surface area (Å²) in [5.41, 5.74) is 0.423. The molecule has 1 aliphatic carbocycles. The van der Waals surface area contributed by atoms with Gasteiger partial charge in [-0.3, -0.25) is 9.59 Å². The number of nitrogens with zero attached hydrogens (tertiary/aromatic N) is 1. The Labute approximate surface area is 139 Å². The first-order valence-corrected chi connectivity index (χ1v) is 8.06. The summed E-state index contributed by atoms with van der Waals surface area (Å²) >= 11 is 0. The summed E-state index contributed by atoms with van der Waals surface area (Å²) in [6.45, 7) is 1.20. The quantitative estimate of drug-likeness (QED) is 0.841. The zero-order valence-electron chi connectivity index (χ0n) is 13.5. The lowest BCUT2D eigenvalue weighted by atomic mass is 9.76. The molecule has 6 nitrogen and oxygen atoms in total. The standard InChI is InChI=1S/C18H20N2O4/c1-12(21)24-17-15(22)16(23)19-14(20-17)11-18(9-5-6-10-18)13-7-3-2-4-8-13/h2-4,7-8,22H,5-6,9-11H2,1H3,(H,19,20,23). The van der Waals surface area contributed by atoms with E-state index in [0.29, 0.717) is 12.2 Å². The second kappa shape index (κ2) is 6.47. The number of aromatic nitrogens is 2. The zero-order valence-corrected chi connectivity index (χ0v) is 13.5. The Morgan fingerprint density at radius 3 is 2.58 bits per heavy atom. The molecule has 1 saturated carbocycles. The highest BCUT2D eigenvalue weighted by Gasteiger charge is 2.36. The first-order valence-electron chi connectivity index (χ1n) is 8.06. The van der Waals surface area contributed by atoms with Crippen molar-refractivity contribution in [3.8, 4) is 11.6 Å². The molecule has 1 aromatic carbocycles. The lowest BCUT2D eigenvalue weighted by molar-refractivity contribution is -0.132. The van der Waals surface area contributed by atoms with Gasteiger partial charge >= 0.3 is 5.97 Å². The minimum absolute atomic E-state index is 0.0956. The molecule has 3 rings (SSSR count). The fourth-order valence-corrected chi connectivity index (χ4v) is 3.51.